The van der Waals surface area contributed by atoms with Crippen molar-refractivity contribution in [3.63, 3.8) is 0 Å². The molecule has 0 fully saturated rings. The van der Waals surface area contributed by atoms with Crippen LogP contribution >= 0.6 is 0 Å². The molecule has 0 aliphatic carbocycles. The molecule has 0 saturated heterocycles. The lowest BCUT2D eigenvalue weighted by molar-refractivity contribution is 0.0174. The SMILES string of the molecule is CCOc1ccc(C2c3[nH]c4ccccc4c3CC(C)N2CC(C)(F)CO)cn1. The van der Waals surface area contributed by atoms with Crippen molar-refractivity contribution in [2.75, 3.05) is 19.8 Å². The number of aromatic amines is 1. The standard InChI is InChI=1S/C23H28FN3O2/c1-4-29-20-10-9-16(12-25-20)22-21-18(17-7-5-6-8-19(17)26-21)11-15(2)27(22)13-23(3,24)14-28/h5-10,12,15,22,26,28H,4,11,13-14H2,1-3H3. The van der Waals surface area contributed by atoms with Gasteiger partial charge in [-0.3, -0.25) is 4.90 Å². The molecule has 3 unspecified atom stereocenters. The van der Waals surface area contributed by atoms with Gasteiger partial charge in [0.25, 0.3) is 0 Å². The zero-order valence-corrected chi connectivity index (χ0v) is 17.2. The predicted molar refractivity (Wildman–Crippen MR) is 112 cm³/mol. The van der Waals surface area contributed by atoms with Crippen molar-refractivity contribution in [3.05, 3.63) is 59.4 Å². The first-order chi connectivity index (χ1) is 13.9. The number of aromatic nitrogens is 2. The summed E-state index contributed by atoms with van der Waals surface area (Å²) in [6.45, 7) is 5.68. The molecule has 29 heavy (non-hydrogen) atoms. The van der Waals surface area contributed by atoms with E-state index in [1.807, 2.05) is 37.4 Å². The number of aliphatic hydroxyl groups excluding tert-OH is 1. The van der Waals surface area contributed by atoms with Crippen LogP contribution in [-0.2, 0) is 6.42 Å². The largest absolute Gasteiger partial charge is 0.478 e. The number of hydrogen-bond donors (Lipinski definition) is 2. The maximum Gasteiger partial charge on any atom is 0.213 e. The Labute approximate surface area is 170 Å². The van der Waals surface area contributed by atoms with Crippen molar-refractivity contribution >= 4 is 10.9 Å². The fourth-order valence-corrected chi connectivity index (χ4v) is 4.33. The van der Waals surface area contributed by atoms with Crippen LogP contribution in [0.5, 0.6) is 5.88 Å². The van der Waals surface area contributed by atoms with Gasteiger partial charge in [0.15, 0.2) is 0 Å². The van der Waals surface area contributed by atoms with Gasteiger partial charge in [-0.25, -0.2) is 9.37 Å². The molecule has 0 saturated carbocycles. The van der Waals surface area contributed by atoms with Crippen molar-refractivity contribution in [2.45, 2.75) is 44.9 Å². The maximum absolute atomic E-state index is 14.9. The van der Waals surface area contributed by atoms with Crippen LogP contribution in [0, 0.1) is 0 Å². The number of para-hydroxylation sites is 1. The molecule has 1 aromatic carbocycles. The number of ether oxygens (including phenoxy) is 1. The van der Waals surface area contributed by atoms with Crippen molar-refractivity contribution < 1.29 is 14.2 Å². The molecular weight excluding hydrogens is 369 g/mol. The van der Waals surface area contributed by atoms with E-state index in [0.717, 1.165) is 23.2 Å². The first kappa shape index (κ1) is 19.9. The molecule has 3 atom stereocenters. The fraction of sp³-hybridized carbons (Fsp3) is 0.435. The Kier molecular flexibility index (Phi) is 5.32. The van der Waals surface area contributed by atoms with Crippen molar-refractivity contribution in [1.29, 1.82) is 0 Å². The quantitative estimate of drug-likeness (QED) is 0.660. The van der Waals surface area contributed by atoms with E-state index in [0.29, 0.717) is 12.5 Å². The van der Waals surface area contributed by atoms with Gasteiger partial charge in [0.1, 0.15) is 5.67 Å². The third kappa shape index (κ3) is 3.74. The fourth-order valence-electron chi connectivity index (χ4n) is 4.33. The molecular formula is C23H28FN3O2. The highest BCUT2D eigenvalue weighted by Gasteiger charge is 2.39. The van der Waals surface area contributed by atoms with E-state index in [4.69, 9.17) is 4.74 Å². The van der Waals surface area contributed by atoms with E-state index >= 15 is 0 Å². The Bertz CT molecular complexity index is 983. The average molecular weight is 397 g/mol. The molecule has 0 amide bonds. The van der Waals surface area contributed by atoms with Crippen LogP contribution in [0.25, 0.3) is 10.9 Å². The van der Waals surface area contributed by atoms with Gasteiger partial charge in [0.05, 0.1) is 19.3 Å². The van der Waals surface area contributed by atoms with E-state index in [2.05, 4.69) is 33.9 Å². The number of hydrogen-bond acceptors (Lipinski definition) is 4. The van der Waals surface area contributed by atoms with Crippen LogP contribution in [0.15, 0.2) is 42.6 Å². The molecule has 0 bridgehead atoms. The monoisotopic (exact) mass is 397 g/mol. The minimum absolute atomic E-state index is 0.111. The lowest BCUT2D eigenvalue weighted by atomic mass is 9.88. The summed E-state index contributed by atoms with van der Waals surface area (Å²) in [5.74, 6) is 0.578. The minimum Gasteiger partial charge on any atom is -0.478 e. The average Bonchev–Trinajstić information content (AvgIpc) is 3.07. The number of nitrogens with zero attached hydrogens (tertiary/aromatic N) is 2. The third-order valence-corrected chi connectivity index (χ3v) is 5.73. The summed E-state index contributed by atoms with van der Waals surface area (Å²) in [4.78, 5) is 10.1. The second kappa shape index (κ2) is 7.76. The maximum atomic E-state index is 14.9. The number of fused-ring (bicyclic) bond motifs is 3. The number of halogens is 1. The van der Waals surface area contributed by atoms with E-state index in [9.17, 15) is 9.50 Å². The Morgan fingerprint density at radius 1 is 1.31 bits per heavy atom. The minimum atomic E-state index is -1.69. The summed E-state index contributed by atoms with van der Waals surface area (Å²) in [7, 11) is 0. The summed E-state index contributed by atoms with van der Waals surface area (Å²) >= 11 is 0. The molecule has 2 N–H and O–H groups in total. The van der Waals surface area contributed by atoms with Gasteiger partial charge in [-0.05, 0) is 44.4 Å². The van der Waals surface area contributed by atoms with Crippen molar-refractivity contribution in [3.8, 4) is 5.88 Å². The number of pyridine rings is 1. The van der Waals surface area contributed by atoms with Crippen LogP contribution in [0.2, 0.25) is 0 Å². The van der Waals surface area contributed by atoms with Gasteiger partial charge in [-0.1, -0.05) is 24.3 Å². The third-order valence-electron chi connectivity index (χ3n) is 5.73. The highest BCUT2D eigenvalue weighted by Crippen LogP contribution is 2.41. The Morgan fingerprint density at radius 2 is 2.10 bits per heavy atom. The van der Waals surface area contributed by atoms with E-state index in [1.165, 1.54) is 17.9 Å². The second-order valence-corrected chi connectivity index (χ2v) is 8.13. The summed E-state index contributed by atoms with van der Waals surface area (Å²) in [5, 5.41) is 10.7. The van der Waals surface area contributed by atoms with Crippen LogP contribution in [-0.4, -0.2) is 51.4 Å². The molecule has 0 radical (unpaired) electrons. The van der Waals surface area contributed by atoms with Crippen molar-refractivity contribution in [1.82, 2.24) is 14.9 Å². The van der Waals surface area contributed by atoms with Gasteiger partial charge in [-0.2, -0.15) is 0 Å². The number of nitrogens with one attached hydrogen (secondary N) is 1. The van der Waals surface area contributed by atoms with Crippen molar-refractivity contribution in [2.24, 2.45) is 0 Å². The lowest BCUT2D eigenvalue weighted by Crippen LogP contribution is -2.49. The second-order valence-electron chi connectivity index (χ2n) is 8.13. The first-order valence-corrected chi connectivity index (χ1v) is 10.2. The summed E-state index contributed by atoms with van der Waals surface area (Å²) < 4.78 is 20.4. The Hall–Kier alpha value is -2.44. The number of H-pyrrole nitrogens is 1. The Balaban J connectivity index is 1.83. The zero-order valence-electron chi connectivity index (χ0n) is 17.2. The van der Waals surface area contributed by atoms with E-state index < -0.39 is 12.3 Å². The molecule has 154 valence electrons. The van der Waals surface area contributed by atoms with Crippen LogP contribution in [0.1, 0.15) is 43.6 Å². The highest BCUT2D eigenvalue weighted by atomic mass is 19.1. The molecule has 6 heteroatoms. The number of benzene rings is 1. The van der Waals surface area contributed by atoms with E-state index in [1.54, 1.807) is 0 Å². The molecule has 3 heterocycles. The van der Waals surface area contributed by atoms with Crippen LogP contribution < -0.4 is 4.74 Å². The molecule has 0 spiro atoms. The zero-order chi connectivity index (χ0) is 20.6. The predicted octanol–water partition coefficient (Wildman–Crippen LogP) is 4.02. The molecule has 4 rings (SSSR count). The van der Waals surface area contributed by atoms with Gasteiger partial charge < -0.3 is 14.8 Å². The summed E-state index contributed by atoms with van der Waals surface area (Å²) in [6.07, 6.45) is 2.63. The first-order valence-electron chi connectivity index (χ1n) is 10.2. The number of alkyl halides is 1. The number of aliphatic hydroxyl groups is 1. The van der Waals surface area contributed by atoms with Crippen LogP contribution in [0.3, 0.4) is 0 Å². The molecule has 2 aromatic heterocycles. The summed E-state index contributed by atoms with van der Waals surface area (Å²) in [6, 6.07) is 12.1. The smallest absolute Gasteiger partial charge is 0.213 e. The molecule has 3 aromatic rings. The van der Waals surface area contributed by atoms with Gasteiger partial charge in [0, 0.05) is 41.4 Å². The van der Waals surface area contributed by atoms with Gasteiger partial charge in [-0.15, -0.1) is 0 Å². The topological polar surface area (TPSA) is 61.4 Å². The highest BCUT2D eigenvalue weighted by molar-refractivity contribution is 5.85. The van der Waals surface area contributed by atoms with Gasteiger partial charge >= 0.3 is 0 Å². The Morgan fingerprint density at radius 3 is 2.79 bits per heavy atom. The van der Waals surface area contributed by atoms with Gasteiger partial charge in [0.2, 0.25) is 5.88 Å². The van der Waals surface area contributed by atoms with E-state index in [-0.39, 0.29) is 18.6 Å². The number of rotatable bonds is 6. The summed E-state index contributed by atoms with van der Waals surface area (Å²) in [5.41, 5.74) is 2.72. The molecule has 5 nitrogen and oxygen atoms in total. The molecule has 1 aliphatic heterocycles. The van der Waals surface area contributed by atoms with Crippen LogP contribution in [0.4, 0.5) is 4.39 Å². The lowest BCUT2D eigenvalue weighted by Gasteiger charge is -2.43. The normalized spacial score (nSPS) is 21.7. The molecule has 1 aliphatic rings.